The summed E-state index contributed by atoms with van der Waals surface area (Å²) in [7, 11) is 0. The third-order valence-electron chi connectivity index (χ3n) is 2.65. The molecule has 0 unspecified atom stereocenters. The van der Waals surface area contributed by atoms with E-state index in [4.69, 9.17) is 0 Å². The molecule has 0 atom stereocenters. The lowest BCUT2D eigenvalue weighted by Crippen LogP contribution is -2.46. The zero-order chi connectivity index (χ0) is 14.7. The standard InChI is InChI=1S/C14H26N4O/c1-7-8-10-15-11(18-17-10)12(19)16-14(5,6)9-13(2,3)4/h7-9H2,1-6H3,(H,16,19)(H,15,17,18). The molecule has 1 aromatic rings. The van der Waals surface area contributed by atoms with Gasteiger partial charge in [0.1, 0.15) is 5.82 Å². The van der Waals surface area contributed by atoms with Crippen molar-refractivity contribution in [2.45, 2.75) is 66.3 Å². The van der Waals surface area contributed by atoms with Crippen LogP contribution in [-0.4, -0.2) is 26.6 Å². The van der Waals surface area contributed by atoms with Crippen LogP contribution in [0.5, 0.6) is 0 Å². The van der Waals surface area contributed by atoms with Crippen molar-refractivity contribution in [1.29, 1.82) is 0 Å². The lowest BCUT2D eigenvalue weighted by Gasteiger charge is -2.32. The minimum atomic E-state index is -0.277. The first-order valence-corrected chi connectivity index (χ1v) is 6.87. The molecule has 0 aromatic carbocycles. The number of amides is 1. The number of aromatic nitrogens is 3. The van der Waals surface area contributed by atoms with Crippen LogP contribution in [-0.2, 0) is 6.42 Å². The Hall–Kier alpha value is -1.39. The van der Waals surface area contributed by atoms with Crippen molar-refractivity contribution in [1.82, 2.24) is 20.5 Å². The number of H-pyrrole nitrogens is 1. The molecular formula is C14H26N4O. The van der Waals surface area contributed by atoms with E-state index in [1.165, 1.54) is 0 Å². The minimum Gasteiger partial charge on any atom is -0.344 e. The molecule has 19 heavy (non-hydrogen) atoms. The molecule has 0 aliphatic heterocycles. The molecule has 5 nitrogen and oxygen atoms in total. The Morgan fingerprint density at radius 1 is 1.26 bits per heavy atom. The Kier molecular flexibility index (Phi) is 4.71. The highest BCUT2D eigenvalue weighted by molar-refractivity contribution is 5.90. The second kappa shape index (κ2) is 5.72. The van der Waals surface area contributed by atoms with Crippen molar-refractivity contribution < 1.29 is 4.79 Å². The average Bonchev–Trinajstić information content (AvgIpc) is 2.61. The van der Waals surface area contributed by atoms with Crippen molar-refractivity contribution in [2.24, 2.45) is 5.41 Å². The predicted molar refractivity (Wildman–Crippen MR) is 76.0 cm³/mol. The minimum absolute atomic E-state index is 0.156. The summed E-state index contributed by atoms with van der Waals surface area (Å²) < 4.78 is 0. The van der Waals surface area contributed by atoms with Crippen LogP contribution in [0, 0.1) is 5.41 Å². The molecule has 0 radical (unpaired) electrons. The molecule has 0 aliphatic carbocycles. The van der Waals surface area contributed by atoms with Crippen molar-refractivity contribution in [3.05, 3.63) is 11.6 Å². The van der Waals surface area contributed by atoms with Gasteiger partial charge in [-0.3, -0.25) is 9.89 Å². The van der Waals surface area contributed by atoms with Gasteiger partial charge in [0.25, 0.3) is 5.91 Å². The largest absolute Gasteiger partial charge is 0.344 e. The van der Waals surface area contributed by atoms with Crippen LogP contribution in [0.2, 0.25) is 0 Å². The maximum absolute atomic E-state index is 12.1. The number of hydrogen-bond acceptors (Lipinski definition) is 3. The summed E-state index contributed by atoms with van der Waals surface area (Å²) in [4.78, 5) is 16.3. The van der Waals surface area contributed by atoms with Gasteiger partial charge in [-0.05, 0) is 32.1 Å². The Morgan fingerprint density at radius 2 is 1.89 bits per heavy atom. The second-order valence-corrected chi connectivity index (χ2v) is 6.93. The number of aromatic amines is 1. The average molecular weight is 266 g/mol. The molecule has 0 aliphatic rings. The lowest BCUT2D eigenvalue weighted by molar-refractivity contribution is 0.0881. The molecular weight excluding hydrogens is 240 g/mol. The maximum atomic E-state index is 12.1. The second-order valence-electron chi connectivity index (χ2n) is 6.93. The van der Waals surface area contributed by atoms with Crippen molar-refractivity contribution in [2.75, 3.05) is 0 Å². The van der Waals surface area contributed by atoms with Gasteiger partial charge in [0.2, 0.25) is 5.82 Å². The van der Waals surface area contributed by atoms with Gasteiger partial charge in [-0.15, -0.1) is 5.10 Å². The van der Waals surface area contributed by atoms with E-state index in [2.05, 4.69) is 48.2 Å². The van der Waals surface area contributed by atoms with E-state index >= 15 is 0 Å². The van der Waals surface area contributed by atoms with Gasteiger partial charge in [0.15, 0.2) is 0 Å². The molecule has 0 saturated carbocycles. The Balaban J connectivity index is 2.67. The molecule has 0 fully saturated rings. The number of nitrogens with zero attached hydrogens (tertiary/aromatic N) is 2. The van der Waals surface area contributed by atoms with Crippen molar-refractivity contribution in [3.63, 3.8) is 0 Å². The molecule has 108 valence electrons. The highest BCUT2D eigenvalue weighted by Gasteiger charge is 2.28. The van der Waals surface area contributed by atoms with Gasteiger partial charge < -0.3 is 5.32 Å². The third kappa shape index (κ3) is 5.41. The molecule has 5 heteroatoms. The summed E-state index contributed by atoms with van der Waals surface area (Å²) in [5, 5.41) is 9.77. The fourth-order valence-electron chi connectivity index (χ4n) is 2.48. The Morgan fingerprint density at radius 3 is 2.42 bits per heavy atom. The van der Waals surface area contributed by atoms with E-state index in [0.717, 1.165) is 25.1 Å². The summed E-state index contributed by atoms with van der Waals surface area (Å²) in [5.74, 6) is 0.777. The number of aryl methyl sites for hydroxylation is 1. The molecule has 1 amide bonds. The normalized spacial score (nSPS) is 12.5. The Labute approximate surface area is 115 Å². The number of carbonyl (C=O) groups is 1. The number of nitrogens with one attached hydrogen (secondary N) is 2. The van der Waals surface area contributed by atoms with Crippen LogP contribution in [0.3, 0.4) is 0 Å². The van der Waals surface area contributed by atoms with E-state index in [1.54, 1.807) is 0 Å². The molecule has 2 N–H and O–H groups in total. The molecule has 1 heterocycles. The smallest absolute Gasteiger partial charge is 0.291 e. The molecule has 0 saturated heterocycles. The topological polar surface area (TPSA) is 70.7 Å². The van der Waals surface area contributed by atoms with E-state index in [9.17, 15) is 4.79 Å². The summed E-state index contributed by atoms with van der Waals surface area (Å²) in [6.45, 7) is 12.6. The fourth-order valence-corrected chi connectivity index (χ4v) is 2.48. The van der Waals surface area contributed by atoms with Gasteiger partial charge in [-0.25, -0.2) is 4.98 Å². The van der Waals surface area contributed by atoms with E-state index in [-0.39, 0.29) is 22.7 Å². The van der Waals surface area contributed by atoms with Crippen LogP contribution in [0.4, 0.5) is 0 Å². The van der Waals surface area contributed by atoms with Crippen LogP contribution >= 0.6 is 0 Å². The molecule has 1 aromatic heterocycles. The quantitative estimate of drug-likeness (QED) is 0.860. The highest BCUT2D eigenvalue weighted by Crippen LogP contribution is 2.26. The van der Waals surface area contributed by atoms with E-state index in [0.29, 0.717) is 0 Å². The third-order valence-corrected chi connectivity index (χ3v) is 2.65. The van der Waals surface area contributed by atoms with Gasteiger partial charge in [0.05, 0.1) is 0 Å². The van der Waals surface area contributed by atoms with E-state index in [1.807, 2.05) is 13.8 Å². The van der Waals surface area contributed by atoms with Gasteiger partial charge in [0, 0.05) is 12.0 Å². The highest BCUT2D eigenvalue weighted by atomic mass is 16.2. The van der Waals surface area contributed by atoms with E-state index < -0.39 is 0 Å². The summed E-state index contributed by atoms with van der Waals surface area (Å²) in [6.07, 6.45) is 2.68. The SMILES string of the molecule is CCCc1nc(C(=O)NC(C)(C)CC(C)(C)C)n[nH]1. The lowest BCUT2D eigenvalue weighted by atomic mass is 9.82. The maximum Gasteiger partial charge on any atom is 0.291 e. The first kappa shape index (κ1) is 15.7. The fraction of sp³-hybridized carbons (Fsp3) is 0.786. The zero-order valence-electron chi connectivity index (χ0n) is 12.9. The Bertz CT molecular complexity index is 429. The first-order chi connectivity index (χ1) is 8.63. The van der Waals surface area contributed by atoms with Gasteiger partial charge in [-0.2, -0.15) is 0 Å². The molecule has 0 spiro atoms. The van der Waals surface area contributed by atoms with Crippen molar-refractivity contribution >= 4 is 5.91 Å². The van der Waals surface area contributed by atoms with Gasteiger partial charge in [-0.1, -0.05) is 27.7 Å². The van der Waals surface area contributed by atoms with Crippen LogP contribution in [0.15, 0.2) is 0 Å². The van der Waals surface area contributed by atoms with Crippen molar-refractivity contribution in [3.8, 4) is 0 Å². The zero-order valence-corrected chi connectivity index (χ0v) is 12.9. The summed E-state index contributed by atoms with van der Waals surface area (Å²) in [6, 6.07) is 0. The summed E-state index contributed by atoms with van der Waals surface area (Å²) in [5.41, 5.74) is -0.121. The van der Waals surface area contributed by atoms with Crippen LogP contribution in [0.1, 0.15) is 70.8 Å². The number of rotatable bonds is 5. The van der Waals surface area contributed by atoms with Crippen LogP contribution < -0.4 is 5.32 Å². The molecule has 0 bridgehead atoms. The summed E-state index contributed by atoms with van der Waals surface area (Å²) >= 11 is 0. The number of hydrogen-bond donors (Lipinski definition) is 2. The number of carbonyl (C=O) groups excluding carboxylic acids is 1. The van der Waals surface area contributed by atoms with Crippen LogP contribution in [0.25, 0.3) is 0 Å². The van der Waals surface area contributed by atoms with Gasteiger partial charge >= 0.3 is 0 Å². The molecule has 1 rings (SSSR count). The predicted octanol–water partition coefficient (Wildman–Crippen LogP) is 2.70. The monoisotopic (exact) mass is 266 g/mol. The first-order valence-electron chi connectivity index (χ1n) is 6.87.